The molecule has 0 aliphatic rings. The Morgan fingerprint density at radius 1 is 1.14 bits per heavy atom. The Morgan fingerprint density at radius 3 is 2.43 bits per heavy atom. The maximum atomic E-state index is 4.84. The van der Waals surface area contributed by atoms with E-state index in [0.717, 1.165) is 13.0 Å². The lowest BCUT2D eigenvalue weighted by molar-refractivity contribution is 0.459. The molecule has 0 spiro atoms. The van der Waals surface area contributed by atoms with E-state index in [9.17, 15) is 0 Å². The fraction of sp³-hybridized carbons (Fsp3) is 0.833. The lowest BCUT2D eigenvalue weighted by atomic mass is 9.93. The monoisotopic (exact) mass is 310 g/mol. The molecule has 1 aromatic heterocycles. The lowest BCUT2D eigenvalue weighted by Gasteiger charge is -2.17. The van der Waals surface area contributed by atoms with Gasteiger partial charge in [0.1, 0.15) is 0 Å². The molecule has 0 saturated heterocycles. The summed E-state index contributed by atoms with van der Waals surface area (Å²) in [6, 6.07) is 0.593. The predicted octanol–water partition coefficient (Wildman–Crippen LogP) is 5.32. The van der Waals surface area contributed by atoms with Crippen molar-refractivity contribution in [3.8, 4) is 0 Å². The zero-order valence-electron chi connectivity index (χ0n) is 14.7. The van der Waals surface area contributed by atoms with Gasteiger partial charge in [-0.15, -0.1) is 11.3 Å². The Kier molecular flexibility index (Phi) is 8.50. The smallest absolute Gasteiger partial charge is 0.0944 e. The van der Waals surface area contributed by atoms with Gasteiger partial charge in [-0.05, 0) is 13.0 Å². The summed E-state index contributed by atoms with van der Waals surface area (Å²) < 4.78 is 0. The highest BCUT2D eigenvalue weighted by atomic mass is 32.1. The fourth-order valence-electron chi connectivity index (χ4n) is 2.52. The van der Waals surface area contributed by atoms with Crippen molar-refractivity contribution in [3.63, 3.8) is 0 Å². The van der Waals surface area contributed by atoms with Crippen molar-refractivity contribution in [2.24, 2.45) is 0 Å². The molecule has 0 fully saturated rings. The van der Waals surface area contributed by atoms with E-state index in [4.69, 9.17) is 4.98 Å². The number of unbranched alkanes of at least 4 members (excludes halogenated alkanes) is 4. The number of aromatic nitrogens is 1. The Bertz CT molecular complexity index is 379. The molecule has 1 unspecified atom stereocenters. The average Bonchev–Trinajstić information content (AvgIpc) is 2.87. The zero-order chi connectivity index (χ0) is 15.7. The van der Waals surface area contributed by atoms with Crippen LogP contribution in [0.3, 0.4) is 0 Å². The normalized spacial score (nSPS) is 13.6. The maximum Gasteiger partial charge on any atom is 0.0944 e. The van der Waals surface area contributed by atoms with E-state index in [-0.39, 0.29) is 5.41 Å². The van der Waals surface area contributed by atoms with Crippen molar-refractivity contribution >= 4 is 11.3 Å². The zero-order valence-corrected chi connectivity index (χ0v) is 15.5. The predicted molar refractivity (Wildman–Crippen MR) is 95.4 cm³/mol. The quantitative estimate of drug-likeness (QED) is 0.591. The van der Waals surface area contributed by atoms with Crippen molar-refractivity contribution in [1.82, 2.24) is 10.3 Å². The third kappa shape index (κ3) is 7.42. The SMILES string of the molecule is CCCCCCCC(Cc1nc(C(C)(C)C)cs1)NCC. The first-order valence-corrected chi connectivity index (χ1v) is 9.53. The summed E-state index contributed by atoms with van der Waals surface area (Å²) in [5.74, 6) is 0. The van der Waals surface area contributed by atoms with Crippen LogP contribution in [-0.4, -0.2) is 17.6 Å². The summed E-state index contributed by atoms with van der Waals surface area (Å²) in [4.78, 5) is 4.84. The second kappa shape index (κ2) is 9.58. The Hall–Kier alpha value is -0.410. The van der Waals surface area contributed by atoms with Gasteiger partial charge in [0.05, 0.1) is 10.7 Å². The number of nitrogens with one attached hydrogen (secondary N) is 1. The average molecular weight is 311 g/mol. The molecule has 0 saturated carbocycles. The first-order chi connectivity index (χ1) is 9.97. The van der Waals surface area contributed by atoms with Gasteiger partial charge in [-0.3, -0.25) is 0 Å². The van der Waals surface area contributed by atoms with Gasteiger partial charge < -0.3 is 5.32 Å². The van der Waals surface area contributed by atoms with E-state index in [2.05, 4.69) is 45.3 Å². The molecule has 0 radical (unpaired) electrons. The molecule has 0 aromatic carbocycles. The third-order valence-corrected chi connectivity index (χ3v) is 4.76. The molecule has 1 heterocycles. The van der Waals surface area contributed by atoms with Crippen LogP contribution in [-0.2, 0) is 11.8 Å². The van der Waals surface area contributed by atoms with E-state index in [1.807, 2.05) is 11.3 Å². The second-order valence-corrected chi connectivity index (χ2v) is 7.98. The van der Waals surface area contributed by atoms with Crippen molar-refractivity contribution in [2.45, 2.75) is 91.0 Å². The first kappa shape index (κ1) is 18.6. The van der Waals surface area contributed by atoms with Crippen LogP contribution in [0.25, 0.3) is 0 Å². The number of hydrogen-bond acceptors (Lipinski definition) is 3. The van der Waals surface area contributed by atoms with Gasteiger partial charge in [0.15, 0.2) is 0 Å². The molecule has 0 amide bonds. The standard InChI is InChI=1S/C18H34N2S/c1-6-8-9-10-11-12-15(19-7-2)13-17-20-16(14-21-17)18(3,4)5/h14-15,19H,6-13H2,1-5H3. The topological polar surface area (TPSA) is 24.9 Å². The summed E-state index contributed by atoms with van der Waals surface area (Å²) in [7, 11) is 0. The molecule has 0 aliphatic heterocycles. The summed E-state index contributed by atoms with van der Waals surface area (Å²) >= 11 is 1.83. The van der Waals surface area contributed by atoms with Crippen LogP contribution in [0.5, 0.6) is 0 Å². The molecular weight excluding hydrogens is 276 g/mol. The molecule has 1 rings (SSSR count). The van der Waals surface area contributed by atoms with Gasteiger partial charge in [-0.25, -0.2) is 4.98 Å². The number of hydrogen-bond donors (Lipinski definition) is 1. The van der Waals surface area contributed by atoms with E-state index in [1.54, 1.807) is 0 Å². The van der Waals surface area contributed by atoms with E-state index < -0.39 is 0 Å². The Labute approximate surface area is 135 Å². The van der Waals surface area contributed by atoms with Gasteiger partial charge in [-0.1, -0.05) is 66.7 Å². The molecule has 1 aromatic rings. The van der Waals surface area contributed by atoms with Gasteiger partial charge >= 0.3 is 0 Å². The van der Waals surface area contributed by atoms with Crippen LogP contribution in [0.2, 0.25) is 0 Å². The number of thiazole rings is 1. The molecule has 122 valence electrons. The second-order valence-electron chi connectivity index (χ2n) is 7.04. The maximum absolute atomic E-state index is 4.84. The lowest BCUT2D eigenvalue weighted by Crippen LogP contribution is -2.31. The van der Waals surface area contributed by atoms with Crippen molar-refractivity contribution in [1.29, 1.82) is 0 Å². The fourth-order valence-corrected chi connectivity index (χ4v) is 3.62. The number of likely N-dealkylation sites (N-methyl/N-ethyl adjacent to an activating group) is 1. The van der Waals surface area contributed by atoms with E-state index in [0.29, 0.717) is 6.04 Å². The third-order valence-electron chi connectivity index (χ3n) is 3.89. The van der Waals surface area contributed by atoms with Crippen LogP contribution in [0, 0.1) is 0 Å². The molecular formula is C18H34N2S. The molecule has 1 atom stereocenters. The number of rotatable bonds is 10. The van der Waals surface area contributed by atoms with Crippen molar-refractivity contribution < 1.29 is 0 Å². The van der Waals surface area contributed by atoms with Gasteiger partial charge in [-0.2, -0.15) is 0 Å². The summed E-state index contributed by atoms with van der Waals surface area (Å²) in [5, 5.41) is 7.16. The minimum Gasteiger partial charge on any atom is -0.314 e. The van der Waals surface area contributed by atoms with Gasteiger partial charge in [0.25, 0.3) is 0 Å². The molecule has 0 bridgehead atoms. The molecule has 2 nitrogen and oxygen atoms in total. The molecule has 3 heteroatoms. The van der Waals surface area contributed by atoms with Crippen LogP contribution in [0.4, 0.5) is 0 Å². The van der Waals surface area contributed by atoms with E-state index >= 15 is 0 Å². The summed E-state index contributed by atoms with van der Waals surface area (Å²) in [6.45, 7) is 12.2. The Balaban J connectivity index is 2.44. The van der Waals surface area contributed by atoms with Crippen LogP contribution < -0.4 is 5.32 Å². The minimum absolute atomic E-state index is 0.169. The van der Waals surface area contributed by atoms with Crippen molar-refractivity contribution in [2.75, 3.05) is 6.54 Å². The minimum atomic E-state index is 0.169. The van der Waals surface area contributed by atoms with Gasteiger partial charge in [0.2, 0.25) is 0 Å². The largest absolute Gasteiger partial charge is 0.314 e. The first-order valence-electron chi connectivity index (χ1n) is 8.65. The summed E-state index contributed by atoms with van der Waals surface area (Å²) in [5.41, 5.74) is 1.41. The highest BCUT2D eigenvalue weighted by molar-refractivity contribution is 7.09. The highest BCUT2D eigenvalue weighted by Crippen LogP contribution is 2.25. The van der Waals surface area contributed by atoms with Gasteiger partial charge in [0, 0.05) is 23.3 Å². The van der Waals surface area contributed by atoms with E-state index in [1.165, 1.54) is 49.2 Å². The molecule has 1 N–H and O–H groups in total. The molecule has 0 aliphatic carbocycles. The highest BCUT2D eigenvalue weighted by Gasteiger charge is 2.18. The van der Waals surface area contributed by atoms with Crippen LogP contribution >= 0.6 is 11.3 Å². The Morgan fingerprint density at radius 2 is 1.86 bits per heavy atom. The number of nitrogens with zero attached hydrogens (tertiary/aromatic N) is 1. The van der Waals surface area contributed by atoms with Crippen molar-refractivity contribution in [3.05, 3.63) is 16.1 Å². The summed E-state index contributed by atoms with van der Waals surface area (Å²) in [6.07, 6.45) is 9.18. The van der Waals surface area contributed by atoms with Crippen LogP contribution in [0.15, 0.2) is 5.38 Å². The molecule has 21 heavy (non-hydrogen) atoms. The van der Waals surface area contributed by atoms with Crippen LogP contribution in [0.1, 0.15) is 83.8 Å².